The van der Waals surface area contributed by atoms with Crippen LogP contribution < -0.4 is 9.47 Å². The van der Waals surface area contributed by atoms with Crippen molar-refractivity contribution in [3.05, 3.63) is 247 Å². The number of fused-ring (bicyclic) bond motifs is 6. The highest BCUT2D eigenvalue weighted by Crippen LogP contribution is 2.62. The Kier molecular flexibility index (Phi) is 8.64. The Hall–Kier alpha value is -8.41. The van der Waals surface area contributed by atoms with Gasteiger partial charge in [0.25, 0.3) is 0 Å². The van der Waals surface area contributed by atoms with Gasteiger partial charge in [-0.3, -0.25) is 0 Å². The predicted octanol–water partition coefficient (Wildman–Crippen LogP) is 14.5. The van der Waals surface area contributed by atoms with Crippen LogP contribution in [0, 0.1) is 0 Å². The first-order valence-electron chi connectivity index (χ1n) is 21.2. The van der Waals surface area contributed by atoms with Crippen LogP contribution in [0.5, 0.6) is 23.0 Å². The topological polar surface area (TPSA) is 57.1 Å². The Labute approximate surface area is 365 Å². The Balaban J connectivity index is 0.988. The smallest absolute Gasteiger partial charge is 0.181 e. The maximum Gasteiger partial charge on any atom is 0.181 e. The van der Waals surface area contributed by atoms with Crippen LogP contribution in [0.2, 0.25) is 0 Å². The summed E-state index contributed by atoms with van der Waals surface area (Å²) in [6.07, 6.45) is 0. The van der Waals surface area contributed by atoms with Gasteiger partial charge in [0.2, 0.25) is 0 Å². The van der Waals surface area contributed by atoms with E-state index in [2.05, 4.69) is 188 Å². The molecule has 5 heteroatoms. The molecule has 296 valence electrons. The van der Waals surface area contributed by atoms with Crippen LogP contribution in [-0.2, 0) is 5.41 Å². The maximum absolute atomic E-state index is 7.05. The van der Waals surface area contributed by atoms with Crippen molar-refractivity contribution >= 4 is 0 Å². The van der Waals surface area contributed by atoms with Crippen LogP contribution in [0.1, 0.15) is 22.3 Å². The molecular weight excluding hydrogens is 771 g/mol. The molecule has 1 aliphatic carbocycles. The molecule has 0 unspecified atom stereocenters. The van der Waals surface area contributed by atoms with Gasteiger partial charge in [0.1, 0.15) is 0 Å². The SMILES string of the molecule is c1ccc(-c2ccc(-c3nc(-c4ccc(-c5ccccc5)cc4)nc(-c4cccc5c4Oc4ccc6c(c4O5)-c4ccccc4C6(c4ccccc4)c4ccccc4)n3)cc2)cc1. The summed E-state index contributed by atoms with van der Waals surface area (Å²) in [6.45, 7) is 0. The lowest BCUT2D eigenvalue weighted by molar-refractivity contribution is 0.361. The zero-order valence-electron chi connectivity index (χ0n) is 34.0. The average Bonchev–Trinajstić information content (AvgIpc) is 3.68. The third-order valence-corrected chi connectivity index (χ3v) is 12.3. The molecule has 0 bridgehead atoms. The number of rotatable bonds is 7. The number of hydrogen-bond acceptors (Lipinski definition) is 5. The monoisotopic (exact) mass is 807 g/mol. The highest BCUT2D eigenvalue weighted by atomic mass is 16.6. The quantitative estimate of drug-likeness (QED) is 0.161. The Morgan fingerprint density at radius 1 is 0.286 bits per heavy atom. The maximum atomic E-state index is 7.05. The molecule has 1 aromatic heterocycles. The van der Waals surface area contributed by atoms with Gasteiger partial charge in [-0.25, -0.2) is 15.0 Å². The van der Waals surface area contributed by atoms with Crippen molar-refractivity contribution in [1.82, 2.24) is 15.0 Å². The molecule has 2 heterocycles. The van der Waals surface area contributed by atoms with Gasteiger partial charge in [0.15, 0.2) is 40.5 Å². The minimum Gasteiger partial charge on any atom is -0.449 e. The van der Waals surface area contributed by atoms with E-state index in [4.69, 9.17) is 24.4 Å². The molecule has 0 N–H and O–H groups in total. The first-order chi connectivity index (χ1) is 31.2. The second kappa shape index (κ2) is 14.9. The second-order valence-corrected chi connectivity index (χ2v) is 15.9. The van der Waals surface area contributed by atoms with Crippen LogP contribution in [0.25, 0.3) is 67.5 Å². The highest BCUT2D eigenvalue weighted by molar-refractivity contribution is 5.92. The van der Waals surface area contributed by atoms with Crippen LogP contribution in [0.15, 0.2) is 224 Å². The lowest BCUT2D eigenvalue weighted by atomic mass is 9.68. The molecule has 10 aromatic rings. The summed E-state index contributed by atoms with van der Waals surface area (Å²) in [5, 5.41) is 0. The van der Waals surface area contributed by atoms with E-state index in [1.165, 1.54) is 16.7 Å². The van der Waals surface area contributed by atoms with E-state index in [0.717, 1.165) is 50.1 Å². The van der Waals surface area contributed by atoms with Gasteiger partial charge in [-0.05, 0) is 68.3 Å². The van der Waals surface area contributed by atoms with E-state index in [9.17, 15) is 0 Å². The molecule has 12 rings (SSSR count). The Morgan fingerprint density at radius 2 is 0.714 bits per heavy atom. The van der Waals surface area contributed by atoms with Crippen molar-refractivity contribution in [1.29, 1.82) is 0 Å². The van der Waals surface area contributed by atoms with Crippen molar-refractivity contribution in [2.75, 3.05) is 0 Å². The minimum atomic E-state index is -0.564. The molecule has 0 radical (unpaired) electrons. The van der Waals surface area contributed by atoms with Gasteiger partial charge in [-0.2, -0.15) is 0 Å². The van der Waals surface area contributed by atoms with Gasteiger partial charge < -0.3 is 9.47 Å². The van der Waals surface area contributed by atoms with Crippen molar-refractivity contribution < 1.29 is 9.47 Å². The molecule has 9 aromatic carbocycles. The van der Waals surface area contributed by atoms with Crippen LogP contribution in [0.3, 0.4) is 0 Å². The van der Waals surface area contributed by atoms with E-state index >= 15 is 0 Å². The normalized spacial score (nSPS) is 12.8. The summed E-state index contributed by atoms with van der Waals surface area (Å²) in [5.74, 6) is 4.06. The minimum absolute atomic E-state index is 0.483. The van der Waals surface area contributed by atoms with Crippen LogP contribution in [0.4, 0.5) is 0 Å². The molecule has 63 heavy (non-hydrogen) atoms. The molecule has 0 fully saturated rings. The van der Waals surface area contributed by atoms with Gasteiger partial charge in [-0.1, -0.05) is 206 Å². The van der Waals surface area contributed by atoms with E-state index in [1.807, 2.05) is 36.4 Å². The molecule has 0 spiro atoms. The van der Waals surface area contributed by atoms with Crippen LogP contribution >= 0.6 is 0 Å². The molecule has 0 atom stereocenters. The first-order valence-corrected chi connectivity index (χ1v) is 21.2. The largest absolute Gasteiger partial charge is 0.449 e. The van der Waals surface area contributed by atoms with Crippen molar-refractivity contribution in [3.63, 3.8) is 0 Å². The lowest BCUT2D eigenvalue weighted by Gasteiger charge is -2.34. The van der Waals surface area contributed by atoms with Gasteiger partial charge >= 0.3 is 0 Å². The van der Waals surface area contributed by atoms with Crippen molar-refractivity contribution in [2.24, 2.45) is 0 Å². The summed E-state index contributed by atoms with van der Waals surface area (Å²) < 4.78 is 14.0. The van der Waals surface area contributed by atoms with E-state index < -0.39 is 5.41 Å². The third kappa shape index (κ3) is 6.05. The second-order valence-electron chi connectivity index (χ2n) is 15.9. The summed E-state index contributed by atoms with van der Waals surface area (Å²) in [7, 11) is 0. The average molecular weight is 808 g/mol. The number of benzene rings is 9. The number of hydrogen-bond donors (Lipinski definition) is 0. The van der Waals surface area contributed by atoms with Crippen LogP contribution in [-0.4, -0.2) is 15.0 Å². The number of nitrogens with zero attached hydrogens (tertiary/aromatic N) is 3. The third-order valence-electron chi connectivity index (χ3n) is 12.3. The lowest BCUT2D eigenvalue weighted by Crippen LogP contribution is -2.28. The van der Waals surface area contributed by atoms with E-state index in [0.29, 0.717) is 46.0 Å². The van der Waals surface area contributed by atoms with E-state index in [-0.39, 0.29) is 0 Å². The summed E-state index contributed by atoms with van der Waals surface area (Å²) in [6, 6.07) is 77.8. The highest BCUT2D eigenvalue weighted by Gasteiger charge is 2.48. The predicted molar refractivity (Wildman–Crippen MR) is 251 cm³/mol. The zero-order chi connectivity index (χ0) is 41.7. The molecular formula is C58H37N3O2. The van der Waals surface area contributed by atoms with E-state index in [1.54, 1.807) is 0 Å². The fraction of sp³-hybridized carbons (Fsp3) is 0.0172. The van der Waals surface area contributed by atoms with Crippen molar-refractivity contribution in [3.8, 4) is 90.5 Å². The molecule has 0 amide bonds. The molecule has 0 saturated heterocycles. The molecule has 5 nitrogen and oxygen atoms in total. The van der Waals surface area contributed by atoms with Crippen molar-refractivity contribution in [2.45, 2.75) is 5.41 Å². The fourth-order valence-corrected chi connectivity index (χ4v) is 9.40. The van der Waals surface area contributed by atoms with Gasteiger partial charge in [0.05, 0.1) is 11.0 Å². The van der Waals surface area contributed by atoms with Gasteiger partial charge in [-0.15, -0.1) is 0 Å². The fourth-order valence-electron chi connectivity index (χ4n) is 9.40. The standard InChI is InChI=1S/C58H37N3O2/c1-5-16-38(17-6-1)40-28-32-42(33-29-40)55-59-56(43-34-30-41(31-35-43)39-18-7-2-8-19-39)61-57(60-55)47-25-15-27-50-53(47)62-51-37-36-49-52(54(51)63-50)46-24-13-14-26-48(46)58(49,44-20-9-3-10-21-44)45-22-11-4-12-23-45/h1-37H. The number of aromatic nitrogens is 3. The Morgan fingerprint density at radius 3 is 1.29 bits per heavy atom. The van der Waals surface area contributed by atoms with Gasteiger partial charge in [0, 0.05) is 16.7 Å². The summed E-state index contributed by atoms with van der Waals surface area (Å²) in [4.78, 5) is 15.4. The number of para-hydroxylation sites is 1. The number of ether oxygens (including phenoxy) is 2. The first kappa shape index (κ1) is 36.4. The summed E-state index contributed by atoms with van der Waals surface area (Å²) >= 11 is 0. The summed E-state index contributed by atoms with van der Waals surface area (Å²) in [5.41, 5.74) is 13.3. The Bertz CT molecular complexity index is 3160. The zero-order valence-corrected chi connectivity index (χ0v) is 34.0. The molecule has 1 aliphatic heterocycles. The molecule has 2 aliphatic rings. The molecule has 0 saturated carbocycles.